The maximum Gasteiger partial charge on any atom is 0.394 e. The summed E-state index contributed by atoms with van der Waals surface area (Å²) >= 11 is 0. The van der Waals surface area contributed by atoms with Gasteiger partial charge in [-0.05, 0) is 52.4 Å². The molecule has 3 aromatic heterocycles. The van der Waals surface area contributed by atoms with E-state index in [-0.39, 0.29) is 72.5 Å². The highest BCUT2D eigenvalue weighted by Crippen LogP contribution is 2.73. The molecule has 4 saturated carbocycles. The SMILES string of the molecule is CCc1c(N2CCN(C(=O)c3ncnc(C)c3O)[C@@H]3CC[C@H]32)c(=O)c2nc(N(C)C)c(C)nc2n1CC(=O)NC12CC(C(F)(F)F)(C1)C2. The summed E-state index contributed by atoms with van der Waals surface area (Å²) in [5, 5.41) is 13.4. The number of aromatic hydroxyl groups is 1. The second-order valence-corrected chi connectivity index (χ2v) is 14.0. The summed E-state index contributed by atoms with van der Waals surface area (Å²) in [5.74, 6) is -0.630. The Hall–Kier alpha value is -4.50. The van der Waals surface area contributed by atoms with Crippen LogP contribution >= 0.6 is 0 Å². The van der Waals surface area contributed by atoms with E-state index in [0.29, 0.717) is 54.4 Å². The molecule has 5 aliphatic rings. The predicted octanol–water partition coefficient (Wildman–Crippen LogP) is 2.63. The number of carbonyl (C=O) groups is 2. The van der Waals surface area contributed by atoms with Gasteiger partial charge in [0, 0.05) is 44.5 Å². The number of rotatable bonds is 7. The van der Waals surface area contributed by atoms with Gasteiger partial charge in [0.15, 0.2) is 28.4 Å². The van der Waals surface area contributed by atoms with Crippen LogP contribution in [0.15, 0.2) is 11.1 Å². The van der Waals surface area contributed by atoms with Gasteiger partial charge >= 0.3 is 6.18 Å². The number of amides is 2. The number of aromatic nitrogens is 5. The Labute approximate surface area is 274 Å². The zero-order chi connectivity index (χ0) is 34.5. The first-order valence-electron chi connectivity index (χ1n) is 16.2. The number of piperazine rings is 1. The maximum absolute atomic E-state index is 14.4. The van der Waals surface area contributed by atoms with Crippen molar-refractivity contribution in [2.24, 2.45) is 5.41 Å². The van der Waals surface area contributed by atoms with Gasteiger partial charge < -0.3 is 29.7 Å². The molecule has 48 heavy (non-hydrogen) atoms. The highest BCUT2D eigenvalue weighted by Gasteiger charge is 2.79. The van der Waals surface area contributed by atoms with Crippen molar-refractivity contribution in [1.29, 1.82) is 0 Å². The van der Waals surface area contributed by atoms with Crippen LogP contribution in [0.5, 0.6) is 5.75 Å². The molecule has 1 aliphatic heterocycles. The topological polar surface area (TPSA) is 150 Å². The van der Waals surface area contributed by atoms with Crippen LogP contribution in [-0.2, 0) is 17.8 Å². The normalized spacial score (nSPS) is 25.9. The fourth-order valence-corrected chi connectivity index (χ4v) is 8.31. The van der Waals surface area contributed by atoms with E-state index < -0.39 is 28.9 Å². The Bertz CT molecular complexity index is 1910. The number of halogens is 3. The average Bonchev–Trinajstić information content (AvgIpc) is 2.95. The van der Waals surface area contributed by atoms with E-state index in [9.17, 15) is 32.7 Å². The molecule has 256 valence electrons. The van der Waals surface area contributed by atoms with Crippen LogP contribution in [-0.4, -0.2) is 97.3 Å². The molecule has 13 nitrogen and oxygen atoms in total. The van der Waals surface area contributed by atoms with Gasteiger partial charge in [-0.15, -0.1) is 0 Å². The van der Waals surface area contributed by atoms with Crippen LogP contribution in [0.25, 0.3) is 11.2 Å². The van der Waals surface area contributed by atoms with Crippen molar-refractivity contribution in [3.8, 4) is 5.75 Å². The quantitative estimate of drug-likeness (QED) is 0.385. The molecule has 0 unspecified atom stereocenters. The van der Waals surface area contributed by atoms with Crippen molar-refractivity contribution in [3.05, 3.63) is 39.3 Å². The number of alkyl halides is 3. The van der Waals surface area contributed by atoms with E-state index >= 15 is 0 Å². The molecular formula is C32H38F3N9O4. The molecule has 2 atom stereocenters. The van der Waals surface area contributed by atoms with Crippen LogP contribution < -0.4 is 20.5 Å². The molecule has 4 heterocycles. The number of nitrogens with one attached hydrogen (secondary N) is 1. The minimum absolute atomic E-state index is 0.0679. The van der Waals surface area contributed by atoms with Gasteiger partial charge in [-0.25, -0.2) is 19.9 Å². The number of anilines is 2. The van der Waals surface area contributed by atoms with Gasteiger partial charge in [-0.2, -0.15) is 13.2 Å². The second kappa shape index (κ2) is 10.8. The average molecular weight is 670 g/mol. The molecule has 16 heteroatoms. The van der Waals surface area contributed by atoms with Crippen molar-refractivity contribution in [2.75, 3.05) is 37.0 Å². The highest BCUT2D eigenvalue weighted by molar-refractivity contribution is 5.95. The summed E-state index contributed by atoms with van der Waals surface area (Å²) in [4.78, 5) is 64.4. The number of aryl methyl sites for hydroxylation is 2. The van der Waals surface area contributed by atoms with Gasteiger partial charge in [0.2, 0.25) is 11.3 Å². The Kier molecular flexibility index (Phi) is 7.18. The summed E-state index contributed by atoms with van der Waals surface area (Å²) in [7, 11) is 3.58. The van der Waals surface area contributed by atoms with Crippen molar-refractivity contribution >= 4 is 34.5 Å². The third-order valence-corrected chi connectivity index (χ3v) is 10.7. The zero-order valence-electron chi connectivity index (χ0n) is 27.5. The number of hydrogen-bond donors (Lipinski definition) is 2. The molecule has 8 rings (SSSR count). The Balaban J connectivity index is 1.25. The van der Waals surface area contributed by atoms with Crippen molar-refractivity contribution < 1.29 is 27.9 Å². The molecule has 5 fully saturated rings. The minimum atomic E-state index is -4.29. The highest BCUT2D eigenvalue weighted by atomic mass is 19.4. The van der Waals surface area contributed by atoms with E-state index in [4.69, 9.17) is 9.97 Å². The minimum Gasteiger partial charge on any atom is -0.504 e. The fraction of sp³-hybridized carbons (Fsp3) is 0.594. The van der Waals surface area contributed by atoms with Gasteiger partial charge in [0.05, 0.1) is 22.8 Å². The Morgan fingerprint density at radius 3 is 2.35 bits per heavy atom. The van der Waals surface area contributed by atoms with E-state index in [1.54, 1.807) is 42.3 Å². The molecule has 0 aromatic carbocycles. The maximum atomic E-state index is 14.4. The van der Waals surface area contributed by atoms with Crippen molar-refractivity contribution in [3.63, 3.8) is 0 Å². The molecular weight excluding hydrogens is 631 g/mol. The number of pyridine rings is 1. The lowest BCUT2D eigenvalue weighted by atomic mass is 9.39. The summed E-state index contributed by atoms with van der Waals surface area (Å²) in [5.41, 5.74) is -0.863. The van der Waals surface area contributed by atoms with Crippen LogP contribution in [0, 0.1) is 19.3 Å². The number of carbonyl (C=O) groups excluding carboxylic acids is 2. The van der Waals surface area contributed by atoms with Gasteiger partial charge in [-0.3, -0.25) is 14.4 Å². The smallest absolute Gasteiger partial charge is 0.394 e. The first kappa shape index (κ1) is 32.1. The van der Waals surface area contributed by atoms with Gasteiger partial charge in [-0.1, -0.05) is 6.92 Å². The largest absolute Gasteiger partial charge is 0.504 e. The fourth-order valence-electron chi connectivity index (χ4n) is 8.31. The molecule has 3 aromatic rings. The first-order valence-corrected chi connectivity index (χ1v) is 16.2. The van der Waals surface area contributed by atoms with Crippen molar-refractivity contribution in [1.82, 2.24) is 34.7 Å². The number of nitrogens with zero attached hydrogens (tertiary/aromatic N) is 8. The molecule has 0 spiro atoms. The zero-order valence-corrected chi connectivity index (χ0v) is 27.5. The van der Waals surface area contributed by atoms with Crippen molar-refractivity contribution in [2.45, 2.75) is 89.6 Å². The monoisotopic (exact) mass is 669 g/mol. The van der Waals surface area contributed by atoms with Crippen LogP contribution in [0.3, 0.4) is 0 Å². The predicted molar refractivity (Wildman–Crippen MR) is 169 cm³/mol. The Morgan fingerprint density at radius 1 is 1.06 bits per heavy atom. The summed E-state index contributed by atoms with van der Waals surface area (Å²) < 4.78 is 42.1. The van der Waals surface area contributed by atoms with Crippen LogP contribution in [0.2, 0.25) is 0 Å². The Morgan fingerprint density at radius 2 is 1.75 bits per heavy atom. The number of hydrogen-bond acceptors (Lipinski definition) is 10. The summed E-state index contributed by atoms with van der Waals surface area (Å²) in [6.45, 7) is 5.55. The van der Waals surface area contributed by atoms with Gasteiger partial charge in [0.1, 0.15) is 18.6 Å². The summed E-state index contributed by atoms with van der Waals surface area (Å²) in [6, 6.07) is -0.458. The first-order chi connectivity index (χ1) is 22.6. The van der Waals surface area contributed by atoms with E-state index in [0.717, 1.165) is 0 Å². The molecule has 1 saturated heterocycles. The molecule has 2 N–H and O–H groups in total. The third-order valence-electron chi connectivity index (χ3n) is 10.7. The molecule has 2 bridgehead atoms. The number of fused-ring (bicyclic) bond motifs is 2. The van der Waals surface area contributed by atoms with Crippen LogP contribution in [0.1, 0.15) is 66.6 Å². The molecule has 2 amide bonds. The van der Waals surface area contributed by atoms with E-state index in [2.05, 4.69) is 15.3 Å². The molecule has 4 aliphatic carbocycles. The molecule has 0 radical (unpaired) electrons. The van der Waals surface area contributed by atoms with Gasteiger partial charge in [0.25, 0.3) is 5.91 Å². The summed E-state index contributed by atoms with van der Waals surface area (Å²) in [6.07, 6.45) is -1.69. The third kappa shape index (κ3) is 4.61. The standard InChI is InChI=1S/C32H38F3N9O4/c1-6-18-24(42-9-10-43(20-8-7-19(20)42)29(48)23-25(46)16(2)36-15-37-23)26(47)22-28(38-17(3)27(39-22)41(4)5)44(18)11-21(45)40-31-12-30(13-31,14-31)32(33,34)35/h15,19-20,46H,6-14H2,1-5H3,(H,40,45)/t19-,20-,30?,31?/m1/s1. The lowest BCUT2D eigenvalue weighted by Gasteiger charge is -2.70. The van der Waals surface area contributed by atoms with E-state index in [1.807, 2.05) is 11.8 Å². The lowest BCUT2D eigenvalue weighted by Crippen LogP contribution is -2.78. The second-order valence-electron chi connectivity index (χ2n) is 14.0. The lowest BCUT2D eigenvalue weighted by molar-refractivity contribution is -0.337. The van der Waals surface area contributed by atoms with Crippen LogP contribution in [0.4, 0.5) is 24.7 Å². The van der Waals surface area contributed by atoms with E-state index in [1.165, 1.54) is 6.33 Å².